The highest BCUT2D eigenvalue weighted by Gasteiger charge is 2.23. The molecular weight excluding hydrogens is 349 g/mol. The molecule has 138 valence electrons. The number of benzene rings is 2. The van der Waals surface area contributed by atoms with Crippen LogP contribution in [0, 0.1) is 5.82 Å². The zero-order valence-corrected chi connectivity index (χ0v) is 14.5. The van der Waals surface area contributed by atoms with E-state index in [4.69, 9.17) is 10.2 Å². The molecule has 27 heavy (non-hydrogen) atoms. The molecule has 0 spiro atoms. The number of nitrogens with zero attached hydrogens (tertiary/aromatic N) is 2. The third-order valence-electron chi connectivity index (χ3n) is 4.75. The largest absolute Gasteiger partial charge is 0.451 e. The number of furan rings is 1. The van der Waals surface area contributed by atoms with E-state index >= 15 is 0 Å². The Bertz CT molecular complexity index is 1020. The number of primary amides is 1. The fourth-order valence-electron chi connectivity index (χ4n) is 3.32. The Balaban J connectivity index is 1.46. The molecule has 2 aromatic carbocycles. The van der Waals surface area contributed by atoms with Gasteiger partial charge in [-0.05, 0) is 42.5 Å². The van der Waals surface area contributed by atoms with E-state index in [0.717, 1.165) is 11.1 Å². The molecule has 0 saturated carbocycles. The van der Waals surface area contributed by atoms with Crippen molar-refractivity contribution >= 4 is 28.5 Å². The van der Waals surface area contributed by atoms with E-state index in [9.17, 15) is 14.0 Å². The molecule has 1 aromatic heterocycles. The fraction of sp³-hybridized carbons (Fsp3) is 0.200. The molecule has 0 aliphatic carbocycles. The predicted octanol–water partition coefficient (Wildman–Crippen LogP) is 2.63. The molecule has 2 amide bonds. The van der Waals surface area contributed by atoms with Crippen LogP contribution in [0.3, 0.4) is 0 Å². The van der Waals surface area contributed by atoms with E-state index in [2.05, 4.69) is 4.90 Å². The second-order valence-corrected chi connectivity index (χ2v) is 6.49. The Morgan fingerprint density at radius 3 is 2.48 bits per heavy atom. The number of anilines is 1. The number of fused-ring (bicyclic) bond motifs is 1. The highest BCUT2D eigenvalue weighted by atomic mass is 19.1. The van der Waals surface area contributed by atoms with Crippen LogP contribution in [-0.4, -0.2) is 42.9 Å². The van der Waals surface area contributed by atoms with Crippen LogP contribution in [0.25, 0.3) is 11.0 Å². The van der Waals surface area contributed by atoms with E-state index in [1.165, 1.54) is 12.1 Å². The van der Waals surface area contributed by atoms with Crippen molar-refractivity contribution in [1.82, 2.24) is 4.90 Å². The molecule has 2 heterocycles. The number of carbonyl (C=O) groups is 2. The zero-order valence-electron chi connectivity index (χ0n) is 14.5. The second-order valence-electron chi connectivity index (χ2n) is 6.49. The lowest BCUT2D eigenvalue weighted by Crippen LogP contribution is -2.48. The first-order valence-electron chi connectivity index (χ1n) is 8.64. The fourth-order valence-corrected chi connectivity index (χ4v) is 3.32. The number of amides is 2. The Morgan fingerprint density at radius 2 is 1.78 bits per heavy atom. The first kappa shape index (κ1) is 17.1. The van der Waals surface area contributed by atoms with Gasteiger partial charge in [-0.1, -0.05) is 6.07 Å². The quantitative estimate of drug-likeness (QED) is 0.772. The summed E-state index contributed by atoms with van der Waals surface area (Å²) < 4.78 is 18.7. The molecule has 4 rings (SSSR count). The van der Waals surface area contributed by atoms with Gasteiger partial charge >= 0.3 is 0 Å². The molecule has 7 heteroatoms. The van der Waals surface area contributed by atoms with Gasteiger partial charge in [0.25, 0.3) is 11.8 Å². The number of hydrogen-bond donors (Lipinski definition) is 1. The van der Waals surface area contributed by atoms with E-state index in [1.807, 2.05) is 12.1 Å². The van der Waals surface area contributed by atoms with Gasteiger partial charge in [-0.15, -0.1) is 0 Å². The third-order valence-corrected chi connectivity index (χ3v) is 4.75. The van der Waals surface area contributed by atoms with Gasteiger partial charge < -0.3 is 20.0 Å². The maximum absolute atomic E-state index is 13.3. The van der Waals surface area contributed by atoms with Gasteiger partial charge in [0.2, 0.25) is 0 Å². The van der Waals surface area contributed by atoms with Gasteiger partial charge in [0, 0.05) is 42.8 Å². The highest BCUT2D eigenvalue weighted by molar-refractivity contribution is 5.96. The van der Waals surface area contributed by atoms with Crippen LogP contribution in [0.5, 0.6) is 0 Å². The number of rotatable bonds is 3. The maximum Gasteiger partial charge on any atom is 0.284 e. The average Bonchev–Trinajstić information content (AvgIpc) is 3.11. The molecule has 0 atom stereocenters. The lowest BCUT2D eigenvalue weighted by molar-refractivity contribution is 0.0746. The summed E-state index contributed by atoms with van der Waals surface area (Å²) in [4.78, 5) is 27.7. The van der Waals surface area contributed by atoms with Gasteiger partial charge in [0.05, 0.1) is 0 Å². The van der Waals surface area contributed by atoms with Crippen LogP contribution < -0.4 is 10.6 Å². The van der Waals surface area contributed by atoms with Crippen LogP contribution in [0.4, 0.5) is 10.1 Å². The number of carbonyl (C=O) groups excluding carboxylic acids is 2. The minimum absolute atomic E-state index is 0.132. The highest BCUT2D eigenvalue weighted by Crippen LogP contribution is 2.26. The van der Waals surface area contributed by atoms with Crippen molar-refractivity contribution < 1.29 is 18.4 Å². The Labute approximate surface area is 154 Å². The van der Waals surface area contributed by atoms with Crippen molar-refractivity contribution in [2.24, 2.45) is 5.73 Å². The lowest BCUT2D eigenvalue weighted by Gasteiger charge is -2.36. The number of piperazine rings is 1. The van der Waals surface area contributed by atoms with E-state index in [-0.39, 0.29) is 11.7 Å². The molecule has 1 aliphatic heterocycles. The summed E-state index contributed by atoms with van der Waals surface area (Å²) in [6, 6.07) is 13.0. The SMILES string of the molecule is NC(=O)c1cc2cc(N3CCN(C(=O)c4cccc(F)c4)CC3)ccc2o1. The summed E-state index contributed by atoms with van der Waals surface area (Å²) in [5.74, 6) is -1.04. The molecule has 1 fully saturated rings. The molecule has 2 N–H and O–H groups in total. The molecule has 1 aliphatic rings. The number of hydrogen-bond acceptors (Lipinski definition) is 4. The summed E-state index contributed by atoms with van der Waals surface area (Å²) in [5.41, 5.74) is 7.21. The van der Waals surface area contributed by atoms with E-state index in [0.29, 0.717) is 37.3 Å². The summed E-state index contributed by atoms with van der Waals surface area (Å²) in [7, 11) is 0. The van der Waals surface area contributed by atoms with Crippen molar-refractivity contribution in [2.75, 3.05) is 31.1 Å². The first-order chi connectivity index (χ1) is 13.0. The number of nitrogens with two attached hydrogens (primary N) is 1. The molecule has 3 aromatic rings. The first-order valence-corrected chi connectivity index (χ1v) is 8.64. The van der Waals surface area contributed by atoms with Gasteiger partial charge in [0.15, 0.2) is 5.76 Å². The van der Waals surface area contributed by atoms with Gasteiger partial charge in [-0.25, -0.2) is 4.39 Å². The van der Waals surface area contributed by atoms with Gasteiger partial charge in [-0.2, -0.15) is 0 Å². The average molecular weight is 367 g/mol. The normalized spacial score (nSPS) is 14.6. The standard InChI is InChI=1S/C20H18FN3O3/c21-15-3-1-2-13(10-15)20(26)24-8-6-23(7-9-24)16-4-5-17-14(11-16)12-18(27-17)19(22)25/h1-5,10-12H,6-9H2,(H2,22,25). The minimum Gasteiger partial charge on any atom is -0.451 e. The summed E-state index contributed by atoms with van der Waals surface area (Å²) in [5, 5.41) is 0.805. The topological polar surface area (TPSA) is 79.8 Å². The summed E-state index contributed by atoms with van der Waals surface area (Å²) in [6.07, 6.45) is 0. The molecular formula is C20H18FN3O3. The molecule has 6 nitrogen and oxygen atoms in total. The van der Waals surface area contributed by atoms with Crippen LogP contribution in [0.1, 0.15) is 20.9 Å². The monoisotopic (exact) mass is 367 g/mol. The van der Waals surface area contributed by atoms with Crippen molar-refractivity contribution in [2.45, 2.75) is 0 Å². The van der Waals surface area contributed by atoms with Crippen LogP contribution in [-0.2, 0) is 0 Å². The lowest BCUT2D eigenvalue weighted by atomic mass is 10.1. The van der Waals surface area contributed by atoms with E-state index < -0.39 is 11.7 Å². The Kier molecular flexibility index (Phi) is 4.27. The van der Waals surface area contributed by atoms with Crippen molar-refractivity contribution in [3.63, 3.8) is 0 Å². The van der Waals surface area contributed by atoms with Gasteiger partial charge in [0.1, 0.15) is 11.4 Å². The molecule has 1 saturated heterocycles. The van der Waals surface area contributed by atoms with Crippen LogP contribution in [0.15, 0.2) is 52.9 Å². The van der Waals surface area contributed by atoms with E-state index in [1.54, 1.807) is 29.2 Å². The van der Waals surface area contributed by atoms with Crippen molar-refractivity contribution in [3.8, 4) is 0 Å². The third kappa shape index (κ3) is 3.36. The second kappa shape index (κ2) is 6.75. The summed E-state index contributed by atoms with van der Waals surface area (Å²) >= 11 is 0. The minimum atomic E-state index is -0.600. The Hall–Kier alpha value is -3.35. The Morgan fingerprint density at radius 1 is 1.00 bits per heavy atom. The van der Waals surface area contributed by atoms with Crippen LogP contribution >= 0.6 is 0 Å². The smallest absolute Gasteiger partial charge is 0.284 e. The summed E-state index contributed by atoms with van der Waals surface area (Å²) in [6.45, 7) is 2.41. The van der Waals surface area contributed by atoms with Gasteiger partial charge in [-0.3, -0.25) is 9.59 Å². The van der Waals surface area contributed by atoms with Crippen molar-refractivity contribution in [1.29, 1.82) is 0 Å². The molecule has 0 radical (unpaired) electrons. The maximum atomic E-state index is 13.3. The predicted molar refractivity (Wildman–Crippen MR) is 99.2 cm³/mol. The molecule has 0 bridgehead atoms. The zero-order chi connectivity index (χ0) is 19.0. The number of halogens is 1. The van der Waals surface area contributed by atoms with Crippen LogP contribution in [0.2, 0.25) is 0 Å². The van der Waals surface area contributed by atoms with Crippen molar-refractivity contribution in [3.05, 3.63) is 65.7 Å². The molecule has 0 unspecified atom stereocenters.